The molecule has 2 aromatic heterocycles. The number of aromatic nitrogens is 1. The molecule has 0 atom stereocenters. The molecule has 3 heterocycles. The molecule has 6 heteroatoms. The van der Waals surface area contributed by atoms with Gasteiger partial charge in [-0.1, -0.05) is 24.3 Å². The van der Waals surface area contributed by atoms with E-state index in [-0.39, 0.29) is 11.7 Å². The van der Waals surface area contributed by atoms with Crippen LogP contribution in [0.3, 0.4) is 0 Å². The standard InChI is InChI=1S/C19H15FN2OS2/c20-15-5-3-13(4-6-15)14-7-9-22(10-8-14)19(23)17-12-21-18(25-17)16-2-1-11-24-16/h1-7,11-12H,8-10H2. The van der Waals surface area contributed by atoms with Gasteiger partial charge >= 0.3 is 0 Å². The van der Waals surface area contributed by atoms with Gasteiger partial charge in [0.15, 0.2) is 0 Å². The van der Waals surface area contributed by atoms with E-state index >= 15 is 0 Å². The van der Waals surface area contributed by atoms with Crippen molar-refractivity contribution in [1.29, 1.82) is 0 Å². The summed E-state index contributed by atoms with van der Waals surface area (Å²) in [5.41, 5.74) is 2.18. The van der Waals surface area contributed by atoms with E-state index in [1.165, 1.54) is 23.5 Å². The Kier molecular flexibility index (Phi) is 4.46. The molecule has 1 amide bonds. The molecular weight excluding hydrogens is 355 g/mol. The Morgan fingerprint density at radius 3 is 2.72 bits per heavy atom. The van der Waals surface area contributed by atoms with E-state index in [2.05, 4.69) is 11.1 Å². The van der Waals surface area contributed by atoms with Crippen LogP contribution in [0.2, 0.25) is 0 Å². The van der Waals surface area contributed by atoms with E-state index in [4.69, 9.17) is 0 Å². The topological polar surface area (TPSA) is 33.2 Å². The minimum atomic E-state index is -0.233. The van der Waals surface area contributed by atoms with Gasteiger partial charge in [-0.15, -0.1) is 22.7 Å². The number of rotatable bonds is 3. The van der Waals surface area contributed by atoms with Crippen LogP contribution in [-0.2, 0) is 0 Å². The van der Waals surface area contributed by atoms with Gasteiger partial charge in [0.1, 0.15) is 15.7 Å². The highest BCUT2D eigenvalue weighted by atomic mass is 32.1. The third kappa shape index (κ3) is 3.41. The quantitative estimate of drug-likeness (QED) is 0.654. The Hall–Kier alpha value is -2.31. The van der Waals surface area contributed by atoms with Gasteiger partial charge in [-0.05, 0) is 41.1 Å². The van der Waals surface area contributed by atoms with Crippen LogP contribution in [0.15, 0.2) is 54.1 Å². The zero-order valence-corrected chi connectivity index (χ0v) is 14.9. The molecule has 0 aliphatic carbocycles. The first kappa shape index (κ1) is 16.2. The predicted molar refractivity (Wildman–Crippen MR) is 100 cm³/mol. The van der Waals surface area contributed by atoms with E-state index in [1.807, 2.05) is 22.4 Å². The molecule has 3 aromatic rings. The molecule has 0 unspecified atom stereocenters. The zero-order chi connectivity index (χ0) is 17.2. The summed E-state index contributed by atoms with van der Waals surface area (Å²) in [6.07, 6.45) is 4.49. The molecule has 126 valence electrons. The lowest BCUT2D eigenvalue weighted by Gasteiger charge is -2.26. The smallest absolute Gasteiger partial charge is 0.265 e. The van der Waals surface area contributed by atoms with Crippen LogP contribution in [0, 0.1) is 5.82 Å². The summed E-state index contributed by atoms with van der Waals surface area (Å²) in [5, 5.41) is 2.89. The third-order valence-electron chi connectivity index (χ3n) is 4.16. The maximum atomic E-state index is 13.0. The predicted octanol–water partition coefficient (Wildman–Crippen LogP) is 4.94. The first-order valence-electron chi connectivity index (χ1n) is 7.94. The van der Waals surface area contributed by atoms with Crippen molar-refractivity contribution >= 4 is 34.2 Å². The van der Waals surface area contributed by atoms with E-state index in [9.17, 15) is 9.18 Å². The monoisotopic (exact) mass is 370 g/mol. The number of hydrogen-bond acceptors (Lipinski definition) is 4. The largest absolute Gasteiger partial charge is 0.334 e. The molecule has 3 nitrogen and oxygen atoms in total. The van der Waals surface area contributed by atoms with Crippen molar-refractivity contribution in [3.63, 3.8) is 0 Å². The molecule has 0 N–H and O–H groups in total. The Balaban J connectivity index is 1.47. The second-order valence-electron chi connectivity index (χ2n) is 5.74. The lowest BCUT2D eigenvalue weighted by Crippen LogP contribution is -2.34. The van der Waals surface area contributed by atoms with Gasteiger partial charge in [0.05, 0.1) is 11.1 Å². The van der Waals surface area contributed by atoms with Crippen molar-refractivity contribution in [2.24, 2.45) is 0 Å². The summed E-state index contributed by atoms with van der Waals surface area (Å²) >= 11 is 3.06. The molecule has 0 bridgehead atoms. The van der Waals surface area contributed by atoms with Gasteiger partial charge in [0, 0.05) is 13.1 Å². The number of carbonyl (C=O) groups excluding carboxylic acids is 1. The van der Waals surface area contributed by atoms with E-state index < -0.39 is 0 Å². The Morgan fingerprint density at radius 2 is 2.04 bits per heavy atom. The average molecular weight is 370 g/mol. The summed E-state index contributed by atoms with van der Waals surface area (Å²) in [6.45, 7) is 1.23. The molecular formula is C19H15FN2OS2. The highest BCUT2D eigenvalue weighted by molar-refractivity contribution is 7.21. The van der Waals surface area contributed by atoms with Crippen LogP contribution in [0.4, 0.5) is 4.39 Å². The van der Waals surface area contributed by atoms with Gasteiger partial charge in [-0.3, -0.25) is 4.79 Å². The van der Waals surface area contributed by atoms with Crippen molar-refractivity contribution < 1.29 is 9.18 Å². The lowest BCUT2D eigenvalue weighted by molar-refractivity contribution is 0.0777. The Morgan fingerprint density at radius 1 is 1.20 bits per heavy atom. The molecule has 4 rings (SSSR count). The summed E-state index contributed by atoms with van der Waals surface area (Å²) in [5.74, 6) is -0.210. The fourth-order valence-corrected chi connectivity index (χ4v) is 4.51. The van der Waals surface area contributed by atoms with Gasteiger partial charge in [0.25, 0.3) is 5.91 Å². The molecule has 1 aliphatic heterocycles. The summed E-state index contributed by atoms with van der Waals surface area (Å²) in [7, 11) is 0. The van der Waals surface area contributed by atoms with Crippen LogP contribution in [0.25, 0.3) is 15.5 Å². The van der Waals surface area contributed by atoms with E-state index in [0.717, 1.165) is 27.4 Å². The molecule has 0 saturated carbocycles. The Labute approximate surface area is 153 Å². The van der Waals surface area contributed by atoms with Crippen molar-refractivity contribution in [2.75, 3.05) is 13.1 Å². The maximum absolute atomic E-state index is 13.0. The first-order valence-corrected chi connectivity index (χ1v) is 9.64. The van der Waals surface area contributed by atoms with Crippen molar-refractivity contribution in [2.45, 2.75) is 6.42 Å². The summed E-state index contributed by atoms with van der Waals surface area (Å²) in [6, 6.07) is 10.5. The van der Waals surface area contributed by atoms with Crippen LogP contribution in [0.1, 0.15) is 21.7 Å². The molecule has 0 fully saturated rings. The minimum Gasteiger partial charge on any atom is -0.334 e. The second kappa shape index (κ2) is 6.90. The number of thiazole rings is 1. The van der Waals surface area contributed by atoms with E-state index in [0.29, 0.717) is 18.0 Å². The SMILES string of the molecule is O=C(c1cnc(-c2cccs2)s1)N1CC=C(c2ccc(F)cc2)CC1. The molecule has 1 aromatic carbocycles. The van der Waals surface area contributed by atoms with Crippen molar-refractivity contribution in [1.82, 2.24) is 9.88 Å². The highest BCUT2D eigenvalue weighted by Crippen LogP contribution is 2.30. The molecule has 0 spiro atoms. The van der Waals surface area contributed by atoms with Crippen molar-refractivity contribution in [3.8, 4) is 9.88 Å². The normalized spacial score (nSPS) is 14.4. The van der Waals surface area contributed by atoms with Crippen LogP contribution >= 0.6 is 22.7 Å². The van der Waals surface area contributed by atoms with Gasteiger partial charge < -0.3 is 4.90 Å². The second-order valence-corrected chi connectivity index (χ2v) is 7.72. The molecule has 0 radical (unpaired) electrons. The van der Waals surface area contributed by atoms with Gasteiger partial charge in [0.2, 0.25) is 0 Å². The van der Waals surface area contributed by atoms with Gasteiger partial charge in [-0.2, -0.15) is 0 Å². The molecule has 1 aliphatic rings. The summed E-state index contributed by atoms with van der Waals surface area (Å²) in [4.78, 5) is 20.7. The number of thiophene rings is 1. The fourth-order valence-electron chi connectivity index (χ4n) is 2.82. The lowest BCUT2D eigenvalue weighted by atomic mass is 9.99. The number of hydrogen-bond donors (Lipinski definition) is 0. The third-order valence-corrected chi connectivity index (χ3v) is 6.18. The minimum absolute atomic E-state index is 0.0229. The van der Waals surface area contributed by atoms with Crippen LogP contribution in [0.5, 0.6) is 0 Å². The average Bonchev–Trinajstić information content (AvgIpc) is 3.33. The summed E-state index contributed by atoms with van der Waals surface area (Å²) < 4.78 is 13.0. The van der Waals surface area contributed by atoms with Crippen LogP contribution in [-0.4, -0.2) is 28.9 Å². The number of carbonyl (C=O) groups is 1. The fraction of sp³-hybridized carbons (Fsp3) is 0.158. The maximum Gasteiger partial charge on any atom is 0.265 e. The number of nitrogens with zero attached hydrogens (tertiary/aromatic N) is 2. The van der Waals surface area contributed by atoms with Crippen molar-refractivity contribution in [3.05, 3.63) is 70.3 Å². The first-order chi connectivity index (χ1) is 12.2. The highest BCUT2D eigenvalue weighted by Gasteiger charge is 2.21. The van der Waals surface area contributed by atoms with Crippen LogP contribution < -0.4 is 0 Å². The number of benzene rings is 1. The number of halogens is 1. The number of amides is 1. The zero-order valence-electron chi connectivity index (χ0n) is 13.3. The van der Waals surface area contributed by atoms with E-state index in [1.54, 1.807) is 29.7 Å². The molecule has 25 heavy (non-hydrogen) atoms. The molecule has 0 saturated heterocycles. The Bertz CT molecular complexity index is 913. The van der Waals surface area contributed by atoms with Gasteiger partial charge in [-0.25, -0.2) is 9.37 Å².